The van der Waals surface area contributed by atoms with Crippen LogP contribution >= 0.6 is 0 Å². The summed E-state index contributed by atoms with van der Waals surface area (Å²) in [5.74, 6) is -1.25. The number of hydrogen-bond acceptors (Lipinski definition) is 2. The van der Waals surface area contributed by atoms with Gasteiger partial charge in [0.25, 0.3) is 5.91 Å². The van der Waals surface area contributed by atoms with Crippen LogP contribution in [0.5, 0.6) is 0 Å². The Kier molecular flexibility index (Phi) is 4.23. The largest absolute Gasteiger partial charge is 0.478 e. The molecule has 1 aromatic carbocycles. The Hall–Kier alpha value is -2.10. The van der Waals surface area contributed by atoms with E-state index in [-0.39, 0.29) is 11.5 Å². The van der Waals surface area contributed by atoms with Crippen LogP contribution in [0, 0.1) is 13.8 Å². The molecule has 2 rings (SSSR count). The first-order valence-electron chi connectivity index (χ1n) is 6.83. The maximum atomic E-state index is 12.4. The molecule has 0 saturated heterocycles. The molecule has 4 heteroatoms. The van der Waals surface area contributed by atoms with Crippen LogP contribution in [0.25, 0.3) is 0 Å². The lowest BCUT2D eigenvalue weighted by Crippen LogP contribution is -2.22. The molecule has 1 aromatic rings. The van der Waals surface area contributed by atoms with Gasteiger partial charge in [-0.3, -0.25) is 4.79 Å². The minimum absolute atomic E-state index is 0.264. The Morgan fingerprint density at radius 1 is 1.05 bits per heavy atom. The van der Waals surface area contributed by atoms with Crippen LogP contribution in [-0.4, -0.2) is 17.0 Å². The highest BCUT2D eigenvalue weighted by atomic mass is 16.4. The van der Waals surface area contributed by atoms with Gasteiger partial charge in [0.1, 0.15) is 0 Å². The van der Waals surface area contributed by atoms with Gasteiger partial charge in [-0.15, -0.1) is 0 Å². The van der Waals surface area contributed by atoms with Crippen molar-refractivity contribution in [3.05, 3.63) is 40.5 Å². The second kappa shape index (κ2) is 5.90. The quantitative estimate of drug-likeness (QED) is 0.888. The van der Waals surface area contributed by atoms with Crippen LogP contribution in [0.15, 0.2) is 29.3 Å². The Morgan fingerprint density at radius 2 is 1.60 bits per heavy atom. The average molecular weight is 273 g/mol. The lowest BCUT2D eigenvalue weighted by atomic mass is 9.91. The third kappa shape index (κ3) is 2.90. The first-order valence-corrected chi connectivity index (χ1v) is 6.83. The maximum absolute atomic E-state index is 12.4. The second-order valence-electron chi connectivity index (χ2n) is 5.19. The fourth-order valence-electron chi connectivity index (χ4n) is 2.59. The fraction of sp³-hybridized carbons (Fsp3) is 0.375. The number of carboxylic acids is 1. The smallest absolute Gasteiger partial charge is 0.332 e. The Bertz CT molecular complexity index is 567. The highest BCUT2D eigenvalue weighted by Crippen LogP contribution is 2.27. The molecule has 0 bridgehead atoms. The SMILES string of the molecule is Cc1cccc(C)c1NC(=O)C1=C(C(=O)O)CCCC1. The van der Waals surface area contributed by atoms with Gasteiger partial charge in [0.05, 0.1) is 0 Å². The third-order valence-corrected chi connectivity index (χ3v) is 3.72. The molecule has 1 aliphatic rings. The first kappa shape index (κ1) is 14.3. The molecule has 2 N–H and O–H groups in total. The molecule has 0 radical (unpaired) electrons. The zero-order valence-electron chi connectivity index (χ0n) is 11.8. The molecular weight excluding hydrogens is 254 g/mol. The van der Waals surface area contributed by atoms with Crippen molar-refractivity contribution in [3.8, 4) is 0 Å². The van der Waals surface area contributed by atoms with E-state index in [1.54, 1.807) is 0 Å². The number of carbonyl (C=O) groups is 2. The number of aliphatic carboxylic acids is 1. The molecule has 0 spiro atoms. The van der Waals surface area contributed by atoms with Crippen molar-refractivity contribution in [2.45, 2.75) is 39.5 Å². The van der Waals surface area contributed by atoms with E-state index in [1.807, 2.05) is 32.0 Å². The molecule has 0 saturated carbocycles. The van der Waals surface area contributed by atoms with E-state index >= 15 is 0 Å². The lowest BCUT2D eigenvalue weighted by molar-refractivity contribution is -0.133. The van der Waals surface area contributed by atoms with Gasteiger partial charge in [-0.25, -0.2) is 4.79 Å². The third-order valence-electron chi connectivity index (χ3n) is 3.72. The summed E-state index contributed by atoms with van der Waals surface area (Å²) < 4.78 is 0. The van der Waals surface area contributed by atoms with Crippen LogP contribution in [0.2, 0.25) is 0 Å². The van der Waals surface area contributed by atoms with Crippen LogP contribution in [0.4, 0.5) is 5.69 Å². The molecule has 1 amide bonds. The summed E-state index contributed by atoms with van der Waals surface area (Å²) >= 11 is 0. The summed E-state index contributed by atoms with van der Waals surface area (Å²) in [7, 11) is 0. The van der Waals surface area contributed by atoms with Crippen molar-refractivity contribution in [2.24, 2.45) is 0 Å². The van der Waals surface area contributed by atoms with Crippen molar-refractivity contribution in [1.29, 1.82) is 0 Å². The molecule has 0 fully saturated rings. The van der Waals surface area contributed by atoms with E-state index in [1.165, 1.54) is 0 Å². The van der Waals surface area contributed by atoms with Gasteiger partial charge in [-0.05, 0) is 50.7 Å². The number of para-hydroxylation sites is 1. The number of carboxylic acid groups (broad SMARTS) is 1. The van der Waals surface area contributed by atoms with Crippen LogP contribution in [0.1, 0.15) is 36.8 Å². The molecule has 4 nitrogen and oxygen atoms in total. The van der Waals surface area contributed by atoms with Crippen molar-refractivity contribution in [1.82, 2.24) is 0 Å². The number of aryl methyl sites for hydroxylation is 2. The van der Waals surface area contributed by atoms with Crippen molar-refractivity contribution >= 4 is 17.6 Å². The molecular formula is C16H19NO3. The van der Waals surface area contributed by atoms with Gasteiger partial charge in [0, 0.05) is 16.8 Å². The predicted octanol–water partition coefficient (Wildman–Crippen LogP) is 3.20. The number of rotatable bonds is 3. The minimum Gasteiger partial charge on any atom is -0.478 e. The summed E-state index contributed by atoms with van der Waals surface area (Å²) in [6.07, 6.45) is 2.72. The van der Waals surface area contributed by atoms with E-state index in [0.717, 1.165) is 29.7 Å². The number of hydrogen-bond donors (Lipinski definition) is 2. The Morgan fingerprint density at radius 3 is 2.15 bits per heavy atom. The number of anilines is 1. The molecule has 0 heterocycles. The first-order chi connectivity index (χ1) is 9.50. The highest BCUT2D eigenvalue weighted by molar-refractivity contribution is 6.09. The number of amides is 1. The molecule has 0 atom stereocenters. The van der Waals surface area contributed by atoms with Gasteiger partial charge >= 0.3 is 5.97 Å². The van der Waals surface area contributed by atoms with E-state index in [9.17, 15) is 14.7 Å². The molecule has 0 aromatic heterocycles. The normalized spacial score (nSPS) is 15.1. The summed E-state index contributed by atoms with van der Waals surface area (Å²) in [6.45, 7) is 3.85. The van der Waals surface area contributed by atoms with E-state index < -0.39 is 5.97 Å². The van der Waals surface area contributed by atoms with Gasteiger partial charge in [-0.2, -0.15) is 0 Å². The van der Waals surface area contributed by atoms with E-state index in [4.69, 9.17) is 0 Å². The van der Waals surface area contributed by atoms with Gasteiger partial charge in [-0.1, -0.05) is 18.2 Å². The van der Waals surface area contributed by atoms with Gasteiger partial charge < -0.3 is 10.4 Å². The molecule has 106 valence electrons. The molecule has 0 unspecified atom stereocenters. The van der Waals surface area contributed by atoms with Crippen LogP contribution in [0.3, 0.4) is 0 Å². The summed E-state index contributed by atoms with van der Waals surface area (Å²) in [4.78, 5) is 23.6. The van der Waals surface area contributed by atoms with E-state index in [0.29, 0.717) is 18.4 Å². The Balaban J connectivity index is 2.30. The number of benzene rings is 1. The highest BCUT2D eigenvalue weighted by Gasteiger charge is 2.24. The summed E-state index contributed by atoms with van der Waals surface area (Å²) in [5, 5.41) is 12.1. The summed E-state index contributed by atoms with van der Waals surface area (Å²) in [5.41, 5.74) is 3.42. The van der Waals surface area contributed by atoms with E-state index in [2.05, 4.69) is 5.32 Å². The Labute approximate surface area is 118 Å². The monoisotopic (exact) mass is 273 g/mol. The number of carbonyl (C=O) groups excluding carboxylic acids is 1. The fourth-order valence-corrected chi connectivity index (χ4v) is 2.59. The maximum Gasteiger partial charge on any atom is 0.332 e. The predicted molar refractivity (Wildman–Crippen MR) is 77.7 cm³/mol. The zero-order chi connectivity index (χ0) is 14.7. The average Bonchev–Trinajstić information content (AvgIpc) is 2.43. The zero-order valence-corrected chi connectivity index (χ0v) is 11.8. The lowest BCUT2D eigenvalue weighted by Gasteiger charge is -2.18. The standard InChI is InChI=1S/C16H19NO3/c1-10-6-5-7-11(2)14(10)17-15(18)12-8-3-4-9-13(12)16(19)20/h5-7H,3-4,8-9H2,1-2H3,(H,17,18)(H,19,20). The molecule has 1 aliphatic carbocycles. The molecule has 0 aliphatic heterocycles. The van der Waals surface area contributed by atoms with Gasteiger partial charge in [0.2, 0.25) is 0 Å². The topological polar surface area (TPSA) is 66.4 Å². The van der Waals surface area contributed by atoms with Crippen LogP contribution < -0.4 is 5.32 Å². The van der Waals surface area contributed by atoms with Gasteiger partial charge in [0.15, 0.2) is 0 Å². The minimum atomic E-state index is -0.976. The molecule has 20 heavy (non-hydrogen) atoms. The summed E-state index contributed by atoms with van der Waals surface area (Å²) in [6, 6.07) is 5.79. The van der Waals surface area contributed by atoms with Crippen LogP contribution in [-0.2, 0) is 9.59 Å². The van der Waals surface area contributed by atoms with Crippen molar-refractivity contribution in [2.75, 3.05) is 5.32 Å². The van der Waals surface area contributed by atoms with Crippen molar-refractivity contribution in [3.63, 3.8) is 0 Å². The number of nitrogens with one attached hydrogen (secondary N) is 1. The van der Waals surface area contributed by atoms with Crippen molar-refractivity contribution < 1.29 is 14.7 Å². The second-order valence-corrected chi connectivity index (χ2v) is 5.19.